The Labute approximate surface area is 94.4 Å². The fraction of sp³-hybridized carbons (Fsp3) is 0.700. The van der Waals surface area contributed by atoms with Gasteiger partial charge in [-0.25, -0.2) is 0 Å². The first-order chi connectivity index (χ1) is 7.67. The standard InChI is InChI=1S/C10H16N4O2/c1-2-7(3-4-11)14-10(16)8-5-13-9(15)6-12-8/h7-8,12H,2-3,5-6H2,1H3,(H,13,15)(H,14,16). The van der Waals surface area contributed by atoms with Crippen LogP contribution >= 0.6 is 0 Å². The predicted octanol–water partition coefficient (Wildman–Crippen LogP) is -1.12. The van der Waals surface area contributed by atoms with Crippen LogP contribution in [0.1, 0.15) is 19.8 Å². The third kappa shape index (κ3) is 3.51. The van der Waals surface area contributed by atoms with E-state index in [0.29, 0.717) is 13.0 Å². The van der Waals surface area contributed by atoms with Crippen molar-refractivity contribution in [3.8, 4) is 6.07 Å². The second kappa shape index (κ2) is 6.08. The average molecular weight is 224 g/mol. The van der Waals surface area contributed by atoms with Crippen LogP contribution < -0.4 is 16.0 Å². The van der Waals surface area contributed by atoms with E-state index in [-0.39, 0.29) is 24.4 Å². The van der Waals surface area contributed by atoms with Crippen LogP contribution in [0, 0.1) is 11.3 Å². The van der Waals surface area contributed by atoms with Gasteiger partial charge in [0.25, 0.3) is 0 Å². The molecular weight excluding hydrogens is 208 g/mol. The van der Waals surface area contributed by atoms with Crippen LogP contribution in [0.4, 0.5) is 0 Å². The van der Waals surface area contributed by atoms with Gasteiger partial charge in [0.2, 0.25) is 11.8 Å². The summed E-state index contributed by atoms with van der Waals surface area (Å²) < 4.78 is 0. The van der Waals surface area contributed by atoms with Gasteiger partial charge in [-0.05, 0) is 6.42 Å². The molecule has 1 saturated heterocycles. The molecule has 1 aliphatic heterocycles. The zero-order valence-corrected chi connectivity index (χ0v) is 9.25. The second-order valence-corrected chi connectivity index (χ2v) is 3.71. The second-order valence-electron chi connectivity index (χ2n) is 3.71. The summed E-state index contributed by atoms with van der Waals surface area (Å²) in [4.78, 5) is 22.6. The van der Waals surface area contributed by atoms with Crippen molar-refractivity contribution in [1.29, 1.82) is 5.26 Å². The van der Waals surface area contributed by atoms with E-state index in [0.717, 1.165) is 6.42 Å². The molecule has 2 unspecified atom stereocenters. The number of rotatable bonds is 4. The summed E-state index contributed by atoms with van der Waals surface area (Å²) >= 11 is 0. The lowest BCUT2D eigenvalue weighted by Gasteiger charge is -2.25. The summed E-state index contributed by atoms with van der Waals surface area (Å²) in [6, 6.07) is 1.52. The number of carbonyl (C=O) groups is 2. The number of hydrogen-bond donors (Lipinski definition) is 3. The largest absolute Gasteiger partial charge is 0.353 e. The molecule has 88 valence electrons. The van der Waals surface area contributed by atoms with Crippen molar-refractivity contribution in [2.75, 3.05) is 13.1 Å². The van der Waals surface area contributed by atoms with Crippen molar-refractivity contribution in [3.63, 3.8) is 0 Å². The van der Waals surface area contributed by atoms with Gasteiger partial charge in [-0.3, -0.25) is 14.9 Å². The van der Waals surface area contributed by atoms with Crippen LogP contribution in [0.15, 0.2) is 0 Å². The molecule has 0 aromatic carbocycles. The lowest BCUT2D eigenvalue weighted by Crippen LogP contribution is -2.59. The van der Waals surface area contributed by atoms with E-state index in [1.807, 2.05) is 13.0 Å². The van der Waals surface area contributed by atoms with Gasteiger partial charge < -0.3 is 10.6 Å². The first kappa shape index (κ1) is 12.5. The molecule has 6 nitrogen and oxygen atoms in total. The Morgan fingerprint density at radius 1 is 1.75 bits per heavy atom. The Hall–Kier alpha value is -1.61. The number of hydrogen-bond acceptors (Lipinski definition) is 4. The topological polar surface area (TPSA) is 94.0 Å². The van der Waals surface area contributed by atoms with E-state index in [2.05, 4.69) is 16.0 Å². The van der Waals surface area contributed by atoms with E-state index < -0.39 is 6.04 Å². The first-order valence-electron chi connectivity index (χ1n) is 5.34. The van der Waals surface area contributed by atoms with Crippen LogP contribution in [0.2, 0.25) is 0 Å². The number of carbonyl (C=O) groups excluding carboxylic acids is 2. The van der Waals surface area contributed by atoms with E-state index in [4.69, 9.17) is 5.26 Å². The van der Waals surface area contributed by atoms with Gasteiger partial charge in [0.15, 0.2) is 0 Å². The molecule has 6 heteroatoms. The zero-order chi connectivity index (χ0) is 12.0. The highest BCUT2D eigenvalue weighted by Crippen LogP contribution is 1.98. The average Bonchev–Trinajstić information content (AvgIpc) is 2.29. The monoisotopic (exact) mass is 224 g/mol. The van der Waals surface area contributed by atoms with Crippen molar-refractivity contribution in [2.45, 2.75) is 31.8 Å². The van der Waals surface area contributed by atoms with E-state index >= 15 is 0 Å². The molecule has 1 rings (SSSR count). The van der Waals surface area contributed by atoms with Crippen LogP contribution in [0.5, 0.6) is 0 Å². The summed E-state index contributed by atoms with van der Waals surface area (Å²) in [5.41, 5.74) is 0. The van der Waals surface area contributed by atoms with Crippen LogP contribution in [-0.2, 0) is 9.59 Å². The highest BCUT2D eigenvalue weighted by Gasteiger charge is 2.24. The smallest absolute Gasteiger partial charge is 0.239 e. The molecule has 0 bridgehead atoms. The summed E-state index contributed by atoms with van der Waals surface area (Å²) in [6.45, 7) is 2.37. The Bertz CT molecular complexity index is 300. The number of nitrogens with one attached hydrogen (secondary N) is 3. The number of nitrogens with zero attached hydrogens (tertiary/aromatic N) is 1. The number of nitriles is 1. The molecule has 0 saturated carbocycles. The molecule has 0 aromatic heterocycles. The Morgan fingerprint density at radius 3 is 3.00 bits per heavy atom. The molecular formula is C10H16N4O2. The molecule has 2 amide bonds. The van der Waals surface area contributed by atoms with Gasteiger partial charge in [0.1, 0.15) is 6.04 Å². The molecule has 0 aromatic rings. The summed E-state index contributed by atoms with van der Waals surface area (Å²) in [7, 11) is 0. The molecule has 0 spiro atoms. The Balaban J connectivity index is 2.39. The molecule has 0 radical (unpaired) electrons. The molecule has 2 atom stereocenters. The van der Waals surface area contributed by atoms with E-state index in [1.165, 1.54) is 0 Å². The maximum Gasteiger partial charge on any atom is 0.239 e. The van der Waals surface area contributed by atoms with Crippen molar-refractivity contribution in [2.24, 2.45) is 0 Å². The van der Waals surface area contributed by atoms with Gasteiger partial charge in [-0.1, -0.05) is 6.92 Å². The van der Waals surface area contributed by atoms with E-state index in [9.17, 15) is 9.59 Å². The van der Waals surface area contributed by atoms with E-state index in [1.54, 1.807) is 0 Å². The van der Waals surface area contributed by atoms with Crippen molar-refractivity contribution >= 4 is 11.8 Å². The van der Waals surface area contributed by atoms with Gasteiger partial charge in [-0.2, -0.15) is 5.26 Å². The van der Waals surface area contributed by atoms with Crippen LogP contribution in [0.3, 0.4) is 0 Å². The minimum absolute atomic E-state index is 0.104. The van der Waals surface area contributed by atoms with Gasteiger partial charge in [0, 0.05) is 12.6 Å². The molecule has 1 aliphatic rings. The maximum atomic E-state index is 11.7. The number of amides is 2. The van der Waals surface area contributed by atoms with Crippen LogP contribution in [0.25, 0.3) is 0 Å². The van der Waals surface area contributed by atoms with Crippen LogP contribution in [-0.4, -0.2) is 37.0 Å². The highest BCUT2D eigenvalue weighted by atomic mass is 16.2. The quantitative estimate of drug-likeness (QED) is 0.564. The fourth-order valence-corrected chi connectivity index (χ4v) is 1.46. The summed E-state index contributed by atoms with van der Waals surface area (Å²) in [5, 5.41) is 16.8. The van der Waals surface area contributed by atoms with Crippen molar-refractivity contribution in [3.05, 3.63) is 0 Å². The third-order valence-electron chi connectivity index (χ3n) is 2.51. The van der Waals surface area contributed by atoms with Gasteiger partial charge in [-0.15, -0.1) is 0 Å². The minimum Gasteiger partial charge on any atom is -0.353 e. The first-order valence-corrected chi connectivity index (χ1v) is 5.34. The SMILES string of the molecule is CCC(CC#N)NC(=O)C1CNC(=O)CN1. The Morgan fingerprint density at radius 2 is 2.50 bits per heavy atom. The third-order valence-corrected chi connectivity index (χ3v) is 2.51. The minimum atomic E-state index is -0.398. The number of piperazine rings is 1. The Kier molecular flexibility index (Phi) is 4.73. The summed E-state index contributed by atoms with van der Waals surface area (Å²) in [6.07, 6.45) is 1.03. The molecule has 16 heavy (non-hydrogen) atoms. The predicted molar refractivity (Wildman–Crippen MR) is 57.3 cm³/mol. The normalized spacial score (nSPS) is 21.8. The fourth-order valence-electron chi connectivity index (χ4n) is 1.46. The van der Waals surface area contributed by atoms with Gasteiger partial charge >= 0.3 is 0 Å². The molecule has 3 N–H and O–H groups in total. The lowest BCUT2D eigenvalue weighted by atomic mass is 10.1. The summed E-state index contributed by atoms with van der Waals surface area (Å²) in [5.74, 6) is -0.268. The van der Waals surface area contributed by atoms with Crippen molar-refractivity contribution in [1.82, 2.24) is 16.0 Å². The zero-order valence-electron chi connectivity index (χ0n) is 9.25. The maximum absolute atomic E-state index is 11.7. The van der Waals surface area contributed by atoms with Gasteiger partial charge in [0.05, 0.1) is 19.0 Å². The highest BCUT2D eigenvalue weighted by molar-refractivity contribution is 5.86. The lowest BCUT2D eigenvalue weighted by molar-refractivity contribution is -0.127. The molecule has 0 aliphatic carbocycles. The molecule has 1 fully saturated rings. The molecule has 1 heterocycles. The van der Waals surface area contributed by atoms with Crippen molar-refractivity contribution < 1.29 is 9.59 Å².